The Bertz CT molecular complexity index is 1040. The van der Waals surface area contributed by atoms with Gasteiger partial charge in [0, 0.05) is 17.9 Å². The molecule has 2 aliphatic heterocycles. The van der Waals surface area contributed by atoms with Crippen molar-refractivity contribution in [3.05, 3.63) is 47.7 Å². The smallest absolute Gasteiger partial charge is 0.337 e. The number of carbonyl (C=O) groups excluding carboxylic acids is 2. The van der Waals surface area contributed by atoms with Crippen LogP contribution in [0.3, 0.4) is 0 Å². The maximum absolute atomic E-state index is 12.4. The molecule has 1 saturated carbocycles. The lowest BCUT2D eigenvalue weighted by Crippen LogP contribution is -2.60. The molecule has 12 heteroatoms. The Morgan fingerprint density at radius 3 is 2.47 bits per heavy atom. The largest absolute Gasteiger partial charge is 0.508 e. The molecule has 5 N–H and O–H groups in total. The molecule has 208 valence electrons. The number of fused-ring (bicyclic) bond motifs is 1. The van der Waals surface area contributed by atoms with Crippen LogP contribution in [0.15, 0.2) is 42.2 Å². The van der Waals surface area contributed by atoms with Crippen LogP contribution >= 0.6 is 0 Å². The van der Waals surface area contributed by atoms with Crippen LogP contribution in [0.5, 0.6) is 5.75 Å². The van der Waals surface area contributed by atoms with E-state index in [1.165, 1.54) is 31.6 Å². The lowest BCUT2D eigenvalue weighted by atomic mass is 9.87. The second-order valence-electron chi connectivity index (χ2n) is 9.57. The molecule has 2 fully saturated rings. The summed E-state index contributed by atoms with van der Waals surface area (Å²) in [4.78, 5) is 24.6. The zero-order valence-electron chi connectivity index (χ0n) is 20.7. The molecule has 4 rings (SSSR count). The third-order valence-corrected chi connectivity index (χ3v) is 7.09. The number of phenolic OH excluding ortho intramolecular Hbond substituents is 1. The van der Waals surface area contributed by atoms with Crippen LogP contribution in [0.4, 0.5) is 0 Å². The molecular weight excluding hydrogens is 504 g/mol. The fourth-order valence-corrected chi connectivity index (χ4v) is 5.06. The summed E-state index contributed by atoms with van der Waals surface area (Å²) in [6.07, 6.45) is -3.33. The topological polar surface area (TPSA) is 181 Å². The quantitative estimate of drug-likeness (QED) is 0.219. The Kier molecular flexibility index (Phi) is 9.03. The average molecular weight is 537 g/mol. The van der Waals surface area contributed by atoms with Gasteiger partial charge in [0.1, 0.15) is 30.2 Å². The summed E-state index contributed by atoms with van der Waals surface area (Å²) >= 11 is 0. The molecule has 3 aliphatic rings. The second kappa shape index (κ2) is 12.2. The molecule has 0 aromatic heterocycles. The second-order valence-corrected chi connectivity index (χ2v) is 9.57. The molecule has 0 radical (unpaired) electrons. The third kappa shape index (κ3) is 6.17. The molecule has 1 aromatic rings. The number of phenols is 1. The van der Waals surface area contributed by atoms with Gasteiger partial charge in [-0.3, -0.25) is 0 Å². The van der Waals surface area contributed by atoms with Crippen molar-refractivity contribution in [3.63, 3.8) is 0 Å². The van der Waals surface area contributed by atoms with Gasteiger partial charge in [-0.1, -0.05) is 12.1 Å². The van der Waals surface area contributed by atoms with E-state index >= 15 is 0 Å². The van der Waals surface area contributed by atoms with Gasteiger partial charge in [0.15, 0.2) is 6.29 Å². The molecule has 0 spiro atoms. The molecule has 12 nitrogen and oxygen atoms in total. The van der Waals surface area contributed by atoms with Crippen molar-refractivity contribution in [2.24, 2.45) is 17.8 Å². The maximum atomic E-state index is 12.4. The molecule has 1 aliphatic carbocycles. The maximum Gasteiger partial charge on any atom is 0.337 e. The van der Waals surface area contributed by atoms with Crippen molar-refractivity contribution in [2.45, 2.75) is 49.8 Å². The van der Waals surface area contributed by atoms with Crippen molar-refractivity contribution in [1.29, 1.82) is 0 Å². The Hall–Kier alpha value is -3.00. The average Bonchev–Trinajstić information content (AvgIpc) is 3.36. The van der Waals surface area contributed by atoms with E-state index in [2.05, 4.69) is 0 Å². The Balaban J connectivity index is 1.40. The van der Waals surface area contributed by atoms with E-state index in [1.54, 1.807) is 18.2 Å². The van der Waals surface area contributed by atoms with Crippen molar-refractivity contribution in [3.8, 4) is 5.75 Å². The Morgan fingerprint density at radius 2 is 1.79 bits per heavy atom. The van der Waals surface area contributed by atoms with Crippen molar-refractivity contribution < 1.29 is 58.8 Å². The van der Waals surface area contributed by atoms with E-state index in [-0.39, 0.29) is 24.2 Å². The SMILES string of the molecule is COC(=O)C1=CO[C@@H](O[C@@H]2O[C@H](CO)[C@@H](O)[C@H](O)[C@H]2O)[C@@H]2C[C@@H](COC(=O)/C=C/c3ccc(O)cc3)C[C@H]12. The number of aromatic hydroxyl groups is 1. The van der Waals surface area contributed by atoms with Gasteiger partial charge in [-0.25, -0.2) is 9.59 Å². The van der Waals surface area contributed by atoms with E-state index in [0.717, 1.165) is 0 Å². The minimum absolute atomic E-state index is 0.0764. The lowest BCUT2D eigenvalue weighted by molar-refractivity contribution is -0.341. The van der Waals surface area contributed by atoms with Gasteiger partial charge in [-0.2, -0.15) is 0 Å². The van der Waals surface area contributed by atoms with Crippen LogP contribution in [-0.4, -0.2) is 94.8 Å². The first-order valence-corrected chi connectivity index (χ1v) is 12.3. The summed E-state index contributed by atoms with van der Waals surface area (Å²) in [5.41, 5.74) is 1.01. The highest BCUT2D eigenvalue weighted by molar-refractivity contribution is 5.89. The summed E-state index contributed by atoms with van der Waals surface area (Å²) in [7, 11) is 1.25. The third-order valence-electron chi connectivity index (χ3n) is 7.09. The summed E-state index contributed by atoms with van der Waals surface area (Å²) < 4.78 is 27.2. The molecule has 9 atom stereocenters. The number of benzene rings is 1. The molecule has 0 bridgehead atoms. The van der Waals surface area contributed by atoms with E-state index in [4.69, 9.17) is 23.7 Å². The molecule has 0 amide bonds. The summed E-state index contributed by atoms with van der Waals surface area (Å²) in [5, 5.41) is 49.2. The first kappa shape index (κ1) is 28.0. The first-order chi connectivity index (χ1) is 18.2. The highest BCUT2D eigenvalue weighted by atomic mass is 16.8. The monoisotopic (exact) mass is 536 g/mol. The van der Waals surface area contributed by atoms with Gasteiger partial charge in [0.2, 0.25) is 6.29 Å². The number of esters is 2. The molecule has 38 heavy (non-hydrogen) atoms. The molecular formula is C26H32O12. The number of aliphatic hydroxyl groups excluding tert-OH is 4. The van der Waals surface area contributed by atoms with Crippen LogP contribution in [0.25, 0.3) is 6.08 Å². The van der Waals surface area contributed by atoms with E-state index in [1.807, 2.05) is 0 Å². The number of aliphatic hydroxyl groups is 4. The van der Waals surface area contributed by atoms with Crippen LogP contribution < -0.4 is 0 Å². The standard InChI is InChI=1S/C26H32O12/c1-34-24(33)18-12-36-25(38-26-23(32)22(31)21(30)19(10-27)37-26)17-9-14(8-16(17)18)11-35-20(29)7-4-13-2-5-15(28)6-3-13/h2-7,12,14,16-17,19,21-23,25-28,30-32H,8-11H2,1H3/b7-4+/t14-,16-,17+,19+,21+,22-,23+,25-,26-/m0/s1. The van der Waals surface area contributed by atoms with E-state index in [0.29, 0.717) is 24.0 Å². The Labute approximate surface area is 218 Å². The van der Waals surface area contributed by atoms with Gasteiger partial charge in [-0.05, 0) is 42.5 Å². The molecule has 2 heterocycles. The summed E-state index contributed by atoms with van der Waals surface area (Å²) in [6, 6.07) is 6.30. The van der Waals surface area contributed by atoms with E-state index < -0.39 is 61.5 Å². The van der Waals surface area contributed by atoms with Crippen molar-refractivity contribution in [2.75, 3.05) is 20.3 Å². The molecule has 1 saturated heterocycles. The lowest BCUT2D eigenvalue weighted by Gasteiger charge is -2.42. The molecule has 1 aromatic carbocycles. The first-order valence-electron chi connectivity index (χ1n) is 12.3. The zero-order chi connectivity index (χ0) is 27.4. The van der Waals surface area contributed by atoms with Crippen LogP contribution in [-0.2, 0) is 33.3 Å². The van der Waals surface area contributed by atoms with Crippen LogP contribution in [0.2, 0.25) is 0 Å². The number of carbonyl (C=O) groups is 2. The number of hydrogen-bond donors (Lipinski definition) is 5. The van der Waals surface area contributed by atoms with Gasteiger partial charge >= 0.3 is 11.9 Å². The predicted molar refractivity (Wildman–Crippen MR) is 128 cm³/mol. The van der Waals surface area contributed by atoms with Gasteiger partial charge in [-0.15, -0.1) is 0 Å². The number of rotatable bonds is 8. The molecule has 0 unspecified atom stereocenters. The van der Waals surface area contributed by atoms with Crippen molar-refractivity contribution in [1.82, 2.24) is 0 Å². The number of methoxy groups -OCH3 is 1. The van der Waals surface area contributed by atoms with Crippen LogP contribution in [0, 0.1) is 17.8 Å². The highest BCUT2D eigenvalue weighted by Gasteiger charge is 2.50. The van der Waals surface area contributed by atoms with E-state index in [9.17, 15) is 35.1 Å². The normalized spacial score (nSPS) is 34.8. The Morgan fingerprint density at radius 1 is 1.05 bits per heavy atom. The van der Waals surface area contributed by atoms with Crippen LogP contribution in [0.1, 0.15) is 18.4 Å². The highest BCUT2D eigenvalue weighted by Crippen LogP contribution is 2.47. The minimum Gasteiger partial charge on any atom is -0.508 e. The number of ether oxygens (including phenoxy) is 5. The van der Waals surface area contributed by atoms with Gasteiger partial charge < -0.3 is 49.2 Å². The zero-order valence-corrected chi connectivity index (χ0v) is 20.7. The number of hydrogen-bond acceptors (Lipinski definition) is 12. The predicted octanol–water partition coefficient (Wildman–Crippen LogP) is -0.179. The fourth-order valence-electron chi connectivity index (χ4n) is 5.06. The summed E-state index contributed by atoms with van der Waals surface area (Å²) in [5.74, 6) is -1.92. The van der Waals surface area contributed by atoms with Gasteiger partial charge in [0.25, 0.3) is 0 Å². The summed E-state index contributed by atoms with van der Waals surface area (Å²) in [6.45, 7) is -0.531. The fraction of sp³-hybridized carbons (Fsp3) is 0.538. The minimum atomic E-state index is -1.61. The van der Waals surface area contributed by atoms with Crippen molar-refractivity contribution >= 4 is 18.0 Å². The van der Waals surface area contributed by atoms with Gasteiger partial charge in [0.05, 0.1) is 32.2 Å².